The zero-order chi connectivity index (χ0) is 20.1. The lowest BCUT2D eigenvalue weighted by Crippen LogP contribution is -2.15. The van der Waals surface area contributed by atoms with Gasteiger partial charge in [0, 0.05) is 28.7 Å². The van der Waals surface area contributed by atoms with E-state index in [1.165, 1.54) is 37.7 Å². The molecule has 2 amide bonds. The normalized spacial score (nSPS) is 10.2. The molecule has 1 aromatic heterocycles. The number of methoxy groups -OCH3 is 1. The number of ether oxygens (including phenoxy) is 1. The quantitative estimate of drug-likeness (QED) is 0.667. The van der Waals surface area contributed by atoms with Crippen molar-refractivity contribution in [1.82, 2.24) is 4.98 Å². The van der Waals surface area contributed by atoms with E-state index in [0.717, 1.165) is 6.07 Å². The zero-order valence-electron chi connectivity index (χ0n) is 14.7. The van der Waals surface area contributed by atoms with E-state index < -0.39 is 11.7 Å². The number of aromatic nitrogens is 1. The van der Waals surface area contributed by atoms with Gasteiger partial charge in [-0.25, -0.2) is 4.39 Å². The molecule has 6 nitrogen and oxygen atoms in total. The van der Waals surface area contributed by atoms with Crippen LogP contribution in [0.15, 0.2) is 60.9 Å². The summed E-state index contributed by atoms with van der Waals surface area (Å²) in [5.74, 6) is -1.41. The van der Waals surface area contributed by atoms with E-state index in [1.807, 2.05) is 0 Å². The van der Waals surface area contributed by atoms with Crippen molar-refractivity contribution in [3.63, 3.8) is 0 Å². The summed E-state index contributed by atoms with van der Waals surface area (Å²) in [5, 5.41) is 5.49. The molecule has 0 bridgehead atoms. The van der Waals surface area contributed by atoms with Gasteiger partial charge in [0.05, 0.1) is 18.4 Å². The summed E-state index contributed by atoms with van der Waals surface area (Å²) in [7, 11) is 1.43. The number of anilines is 2. The zero-order valence-corrected chi connectivity index (χ0v) is 15.5. The van der Waals surface area contributed by atoms with Gasteiger partial charge in [-0.1, -0.05) is 11.6 Å². The van der Waals surface area contributed by atoms with Crippen molar-refractivity contribution in [1.29, 1.82) is 0 Å². The van der Waals surface area contributed by atoms with E-state index in [9.17, 15) is 14.0 Å². The van der Waals surface area contributed by atoms with Crippen LogP contribution in [0.5, 0.6) is 5.75 Å². The molecule has 2 aromatic carbocycles. The second-order valence-electron chi connectivity index (χ2n) is 5.68. The van der Waals surface area contributed by atoms with Gasteiger partial charge in [-0.2, -0.15) is 0 Å². The van der Waals surface area contributed by atoms with Crippen LogP contribution in [0.2, 0.25) is 5.02 Å². The molecular formula is C20H15ClFN3O3. The van der Waals surface area contributed by atoms with E-state index in [-0.39, 0.29) is 22.2 Å². The van der Waals surface area contributed by atoms with Gasteiger partial charge in [-0.15, -0.1) is 0 Å². The minimum atomic E-state index is -0.744. The Hall–Kier alpha value is -3.45. The molecule has 0 radical (unpaired) electrons. The lowest BCUT2D eigenvalue weighted by atomic mass is 10.1. The highest BCUT2D eigenvalue weighted by molar-refractivity contribution is 6.30. The summed E-state index contributed by atoms with van der Waals surface area (Å²) in [6.45, 7) is 0. The summed E-state index contributed by atoms with van der Waals surface area (Å²) in [5.41, 5.74) is 0.959. The summed E-state index contributed by atoms with van der Waals surface area (Å²) in [6, 6.07) is 11.6. The number of carbonyl (C=O) groups excluding carboxylic acids is 2. The number of hydrogen-bond donors (Lipinski definition) is 2. The van der Waals surface area contributed by atoms with Gasteiger partial charge in [0.25, 0.3) is 11.8 Å². The molecule has 0 aliphatic rings. The third-order valence-electron chi connectivity index (χ3n) is 3.82. The predicted molar refractivity (Wildman–Crippen MR) is 105 cm³/mol. The van der Waals surface area contributed by atoms with E-state index >= 15 is 0 Å². The molecule has 0 aliphatic heterocycles. The highest BCUT2D eigenvalue weighted by Crippen LogP contribution is 2.29. The molecule has 0 atom stereocenters. The summed E-state index contributed by atoms with van der Waals surface area (Å²) in [6.07, 6.45) is 3.02. The van der Waals surface area contributed by atoms with Gasteiger partial charge in [0.1, 0.15) is 11.6 Å². The smallest absolute Gasteiger partial charge is 0.258 e. The summed E-state index contributed by atoms with van der Waals surface area (Å²) >= 11 is 5.71. The van der Waals surface area contributed by atoms with Gasteiger partial charge in [0.15, 0.2) is 0 Å². The van der Waals surface area contributed by atoms with Crippen molar-refractivity contribution >= 4 is 34.8 Å². The molecule has 2 N–H and O–H groups in total. The first-order valence-corrected chi connectivity index (χ1v) is 8.51. The van der Waals surface area contributed by atoms with Crippen LogP contribution in [0.4, 0.5) is 15.8 Å². The van der Waals surface area contributed by atoms with Crippen LogP contribution in [-0.2, 0) is 0 Å². The Morgan fingerprint density at radius 1 is 1.00 bits per heavy atom. The molecule has 0 spiro atoms. The SMILES string of the molecule is COc1ccc(NC(=O)c2ccncc2)cc1NC(=O)c1ccc(Cl)cc1F. The van der Waals surface area contributed by atoms with Crippen LogP contribution in [-0.4, -0.2) is 23.9 Å². The van der Waals surface area contributed by atoms with Crippen molar-refractivity contribution < 1.29 is 18.7 Å². The molecule has 28 heavy (non-hydrogen) atoms. The minimum absolute atomic E-state index is 0.169. The van der Waals surface area contributed by atoms with Crippen LogP contribution in [0.1, 0.15) is 20.7 Å². The van der Waals surface area contributed by atoms with Crippen molar-refractivity contribution in [2.24, 2.45) is 0 Å². The average Bonchev–Trinajstić information content (AvgIpc) is 2.68. The van der Waals surface area contributed by atoms with Crippen molar-refractivity contribution in [2.75, 3.05) is 17.7 Å². The fourth-order valence-corrected chi connectivity index (χ4v) is 2.61. The monoisotopic (exact) mass is 399 g/mol. The highest BCUT2D eigenvalue weighted by atomic mass is 35.5. The topological polar surface area (TPSA) is 80.3 Å². The fourth-order valence-electron chi connectivity index (χ4n) is 2.45. The van der Waals surface area contributed by atoms with Crippen LogP contribution < -0.4 is 15.4 Å². The highest BCUT2D eigenvalue weighted by Gasteiger charge is 2.15. The third kappa shape index (κ3) is 4.44. The molecule has 0 saturated carbocycles. The Morgan fingerprint density at radius 3 is 2.43 bits per heavy atom. The number of halogens is 2. The summed E-state index contributed by atoms with van der Waals surface area (Å²) in [4.78, 5) is 28.6. The minimum Gasteiger partial charge on any atom is -0.495 e. The second-order valence-corrected chi connectivity index (χ2v) is 6.12. The number of nitrogens with one attached hydrogen (secondary N) is 2. The molecule has 3 rings (SSSR count). The van der Waals surface area contributed by atoms with Crippen LogP contribution in [0, 0.1) is 5.82 Å². The molecule has 0 fully saturated rings. The lowest BCUT2D eigenvalue weighted by Gasteiger charge is -2.13. The Morgan fingerprint density at radius 2 is 1.75 bits per heavy atom. The second kappa shape index (κ2) is 8.49. The van der Waals surface area contributed by atoms with E-state index in [0.29, 0.717) is 17.0 Å². The Kier molecular flexibility index (Phi) is 5.86. The average molecular weight is 400 g/mol. The van der Waals surface area contributed by atoms with Gasteiger partial charge < -0.3 is 15.4 Å². The molecule has 8 heteroatoms. The molecule has 0 unspecified atom stereocenters. The number of nitrogens with zero attached hydrogens (tertiary/aromatic N) is 1. The van der Waals surface area contributed by atoms with Crippen molar-refractivity contribution in [2.45, 2.75) is 0 Å². The number of carbonyl (C=O) groups is 2. The van der Waals surface area contributed by atoms with Crippen LogP contribution in [0.25, 0.3) is 0 Å². The Balaban J connectivity index is 1.83. The van der Waals surface area contributed by atoms with Gasteiger partial charge in [-0.3, -0.25) is 14.6 Å². The first kappa shape index (κ1) is 19.3. The first-order chi connectivity index (χ1) is 13.5. The van der Waals surface area contributed by atoms with Crippen molar-refractivity contribution in [3.05, 3.63) is 82.9 Å². The standard InChI is InChI=1S/C20H15ClFN3O3/c1-28-18-5-3-14(24-19(26)12-6-8-23-9-7-12)11-17(18)25-20(27)15-4-2-13(21)10-16(15)22/h2-11H,1H3,(H,24,26)(H,25,27). The van der Waals surface area contributed by atoms with Crippen molar-refractivity contribution in [3.8, 4) is 5.75 Å². The molecule has 3 aromatic rings. The Labute approximate surface area is 165 Å². The molecule has 0 aliphatic carbocycles. The van der Waals surface area contributed by atoms with E-state index in [2.05, 4.69) is 15.6 Å². The van der Waals surface area contributed by atoms with Crippen LogP contribution >= 0.6 is 11.6 Å². The lowest BCUT2D eigenvalue weighted by molar-refractivity contribution is 0.101. The maximum Gasteiger partial charge on any atom is 0.258 e. The molecule has 142 valence electrons. The number of benzene rings is 2. The first-order valence-electron chi connectivity index (χ1n) is 8.14. The Bertz CT molecular complexity index is 1030. The number of hydrogen-bond acceptors (Lipinski definition) is 4. The molecule has 0 saturated heterocycles. The van der Waals surface area contributed by atoms with Gasteiger partial charge in [0.2, 0.25) is 0 Å². The number of amides is 2. The van der Waals surface area contributed by atoms with Gasteiger partial charge >= 0.3 is 0 Å². The maximum atomic E-state index is 14.0. The number of rotatable bonds is 5. The van der Waals surface area contributed by atoms with E-state index in [4.69, 9.17) is 16.3 Å². The fraction of sp³-hybridized carbons (Fsp3) is 0.0500. The molecule has 1 heterocycles. The number of pyridine rings is 1. The summed E-state index contributed by atoms with van der Waals surface area (Å²) < 4.78 is 19.2. The van der Waals surface area contributed by atoms with Gasteiger partial charge in [-0.05, 0) is 48.5 Å². The van der Waals surface area contributed by atoms with E-state index in [1.54, 1.807) is 24.3 Å². The maximum absolute atomic E-state index is 14.0. The largest absolute Gasteiger partial charge is 0.495 e. The predicted octanol–water partition coefficient (Wildman–Crippen LogP) is 4.39. The van der Waals surface area contributed by atoms with Crippen LogP contribution in [0.3, 0.4) is 0 Å². The third-order valence-corrected chi connectivity index (χ3v) is 4.06. The molecular weight excluding hydrogens is 385 g/mol.